The summed E-state index contributed by atoms with van der Waals surface area (Å²) in [4.78, 5) is 40.9. The third-order valence-electron chi connectivity index (χ3n) is 14.5. The predicted molar refractivity (Wildman–Crippen MR) is 353 cm³/mol. The zero-order chi connectivity index (χ0) is 70.5. The Labute approximate surface area is 556 Å². The van der Waals surface area contributed by atoms with E-state index in [1.165, 1.54) is 80.4 Å². The fourth-order valence-electron chi connectivity index (χ4n) is 10.4. The first-order valence-electron chi connectivity index (χ1n) is 31.7. The van der Waals surface area contributed by atoms with Crippen LogP contribution in [-0.4, -0.2) is 188 Å². The molecule has 95 heavy (non-hydrogen) atoms. The monoisotopic (exact) mass is 1330 g/mol. The molecule has 0 aliphatic carbocycles. The van der Waals surface area contributed by atoms with Gasteiger partial charge in [-0.05, 0) is 142 Å². The van der Waals surface area contributed by atoms with Gasteiger partial charge in [-0.25, -0.2) is 4.79 Å². The molecule has 24 heteroatoms. The quantitative estimate of drug-likeness (QED) is 0.0109. The zero-order valence-corrected chi connectivity index (χ0v) is 56.7. The number of aliphatic hydroxyl groups is 9. The van der Waals surface area contributed by atoms with E-state index < -0.39 is 105 Å². The highest BCUT2D eigenvalue weighted by Crippen LogP contribution is 2.54. The molecule has 0 aromatic heterocycles. The van der Waals surface area contributed by atoms with Crippen LogP contribution in [0.25, 0.3) is 6.08 Å². The van der Waals surface area contributed by atoms with Crippen LogP contribution < -0.4 is 42.6 Å². The van der Waals surface area contributed by atoms with Gasteiger partial charge in [0.25, 0.3) is 0 Å². The lowest BCUT2D eigenvalue weighted by Crippen LogP contribution is -2.32. The minimum atomic E-state index is -1.50. The Morgan fingerprint density at radius 2 is 1.15 bits per heavy atom. The number of esters is 1. The minimum absolute atomic E-state index is 0.00133. The van der Waals surface area contributed by atoms with Gasteiger partial charge in [0.2, 0.25) is 11.5 Å². The summed E-state index contributed by atoms with van der Waals surface area (Å²) in [5.74, 6) is -2.58. The number of carbonyl (C=O) groups excluding carboxylic acids is 3. The highest BCUT2D eigenvalue weighted by atomic mass is 16.6. The summed E-state index contributed by atoms with van der Waals surface area (Å²) in [5.41, 5.74) is 3.09. The zero-order valence-electron chi connectivity index (χ0n) is 56.7. The van der Waals surface area contributed by atoms with Crippen molar-refractivity contribution in [1.82, 2.24) is 0 Å². The van der Waals surface area contributed by atoms with Crippen LogP contribution in [0.4, 0.5) is 0 Å². The molecule has 0 spiro atoms. The van der Waals surface area contributed by atoms with Gasteiger partial charge in [0.15, 0.2) is 57.9 Å². The fraction of sp³-hybridized carbons (Fsp3) is 0.507. The molecule has 5 aromatic carbocycles. The van der Waals surface area contributed by atoms with E-state index in [0.717, 1.165) is 6.08 Å². The van der Waals surface area contributed by atoms with E-state index in [-0.39, 0.29) is 133 Å². The molecule has 1 aliphatic heterocycles. The summed E-state index contributed by atoms with van der Waals surface area (Å²) >= 11 is 0. The molecule has 1 fully saturated rings. The van der Waals surface area contributed by atoms with Crippen molar-refractivity contribution in [3.8, 4) is 57.5 Å². The number of carbonyl (C=O) groups is 3. The number of ketones is 2. The van der Waals surface area contributed by atoms with Crippen LogP contribution in [0, 0.1) is 11.8 Å². The van der Waals surface area contributed by atoms with Gasteiger partial charge in [-0.3, -0.25) is 9.59 Å². The summed E-state index contributed by atoms with van der Waals surface area (Å²) < 4.78 is 72.3. The third-order valence-corrected chi connectivity index (χ3v) is 14.5. The summed E-state index contributed by atoms with van der Waals surface area (Å²) in [6, 6.07) is 17.6. The van der Waals surface area contributed by atoms with Gasteiger partial charge in [-0.2, -0.15) is 0 Å². The molecule has 5 aromatic rings. The van der Waals surface area contributed by atoms with Crippen molar-refractivity contribution in [2.24, 2.45) is 11.8 Å². The van der Waals surface area contributed by atoms with Gasteiger partial charge in [-0.1, -0.05) is 33.8 Å². The lowest BCUT2D eigenvalue weighted by atomic mass is 9.72. The normalized spacial score (nSPS) is 15.7. The summed E-state index contributed by atoms with van der Waals surface area (Å²) in [5, 5.41) is 93.1. The fourth-order valence-corrected chi connectivity index (χ4v) is 10.4. The van der Waals surface area contributed by atoms with Crippen molar-refractivity contribution >= 4 is 23.6 Å². The molecule has 0 radical (unpaired) electrons. The maximum Gasteiger partial charge on any atom is 0.330 e. The van der Waals surface area contributed by atoms with E-state index in [4.69, 9.17) is 56.8 Å². The molecule has 9 unspecified atom stereocenters. The average Bonchev–Trinajstić information content (AvgIpc) is 1.66. The maximum absolute atomic E-state index is 14.4. The van der Waals surface area contributed by atoms with Crippen LogP contribution in [0.5, 0.6) is 57.5 Å². The van der Waals surface area contributed by atoms with Crippen molar-refractivity contribution in [1.29, 1.82) is 0 Å². The van der Waals surface area contributed by atoms with E-state index in [9.17, 15) is 60.3 Å². The van der Waals surface area contributed by atoms with Crippen LogP contribution >= 0.6 is 0 Å². The average molecular weight is 1340 g/mol. The van der Waals surface area contributed by atoms with Gasteiger partial charge >= 0.3 is 5.97 Å². The van der Waals surface area contributed by atoms with Crippen LogP contribution in [0.3, 0.4) is 0 Å². The highest BCUT2D eigenvalue weighted by Gasteiger charge is 2.42. The SMILES string of the molecule is CC.CC.COc1cc(C(c2c(CC(=O)COCC(C)O)cc(Oc3c(CO)cc(C=CC(=O)OCC(C)O)cc3OC)c(OCC(C)O)c2OC)C2COCC2Cc2cc(CO)c(OC(CO)C(=O)c3ccc(OCC(C)O)c(CO)c3)c(OC)c2)ccc1OCC(C)O. The van der Waals surface area contributed by atoms with Gasteiger partial charge in [0.1, 0.15) is 38.8 Å². The van der Waals surface area contributed by atoms with Crippen molar-refractivity contribution in [3.63, 3.8) is 0 Å². The molecular formula is C71H98O24. The number of methoxy groups -OCH3 is 4. The van der Waals surface area contributed by atoms with Crippen molar-refractivity contribution < 1.29 is 117 Å². The second-order valence-electron chi connectivity index (χ2n) is 22.3. The number of benzene rings is 5. The molecule has 24 nitrogen and oxygen atoms in total. The molecule has 1 saturated heterocycles. The van der Waals surface area contributed by atoms with Gasteiger partial charge in [0.05, 0.1) is 105 Å². The first-order valence-corrected chi connectivity index (χ1v) is 31.7. The lowest BCUT2D eigenvalue weighted by molar-refractivity contribution is -0.140. The first kappa shape index (κ1) is 79.8. The van der Waals surface area contributed by atoms with Crippen LogP contribution in [-0.2, 0) is 56.5 Å². The topological polar surface area (TPSA) is 344 Å². The van der Waals surface area contributed by atoms with E-state index in [2.05, 4.69) is 0 Å². The Morgan fingerprint density at radius 1 is 0.558 bits per heavy atom. The molecular weight excluding hydrogens is 1240 g/mol. The Hall–Kier alpha value is -7.59. The Kier molecular flexibility index (Phi) is 34.2. The van der Waals surface area contributed by atoms with Gasteiger partial charge in [0, 0.05) is 46.2 Å². The third kappa shape index (κ3) is 23.1. The standard InChI is InChI=1S/C67H86O24.2C2H6/c1-37(72)29-84-35-51(77)22-46-24-58(90-64-48(26-69)16-42(19-56(64)81-7)10-15-60(78)88-32-40(4)75)66(89-33-41(5)76)67(83-9)62(46)61(44-11-14-54(55(23-44)80-6)87-31-39(3)74)52-36-85-34-50(52)18-43-17-49(27-70)65(57(20-43)82-8)91-59(28-71)63(79)45-12-13-53(47(21-45)25-68)86-30-38(2)73;2*1-2/h10-17,19-21,23-24,37-41,50,52,59,61,68-76H,18,22,25-36H2,1-9H3;2*1-2H3. The van der Waals surface area contributed by atoms with Crippen molar-refractivity contribution in [2.45, 2.75) is 138 Å². The van der Waals surface area contributed by atoms with Gasteiger partial charge in [-0.15, -0.1) is 0 Å². The molecule has 0 saturated carbocycles. The van der Waals surface area contributed by atoms with Crippen LogP contribution in [0.15, 0.2) is 72.8 Å². The minimum Gasteiger partial charge on any atom is -0.493 e. The lowest BCUT2D eigenvalue weighted by Gasteiger charge is -2.33. The second kappa shape index (κ2) is 40.7. The molecule has 1 heterocycles. The second-order valence-corrected chi connectivity index (χ2v) is 22.3. The largest absolute Gasteiger partial charge is 0.493 e. The van der Waals surface area contributed by atoms with Crippen LogP contribution in [0.1, 0.15) is 123 Å². The molecule has 1 aliphatic rings. The summed E-state index contributed by atoms with van der Waals surface area (Å²) in [7, 11) is 5.61. The molecule has 526 valence electrons. The smallest absolute Gasteiger partial charge is 0.330 e. The van der Waals surface area contributed by atoms with Crippen molar-refractivity contribution in [3.05, 3.63) is 123 Å². The highest BCUT2D eigenvalue weighted by molar-refractivity contribution is 6.00. The van der Waals surface area contributed by atoms with E-state index in [1.807, 2.05) is 27.7 Å². The molecule has 9 N–H and O–H groups in total. The number of hydrogen-bond donors (Lipinski definition) is 9. The van der Waals surface area contributed by atoms with Crippen LogP contribution in [0.2, 0.25) is 0 Å². The Balaban J connectivity index is 0.00000471. The summed E-state index contributed by atoms with van der Waals surface area (Å²) in [6.07, 6.45) is -3.47. The van der Waals surface area contributed by atoms with Crippen molar-refractivity contribution in [2.75, 3.05) is 87.9 Å². The Bertz CT molecular complexity index is 3180. The molecule has 6 rings (SSSR count). The van der Waals surface area contributed by atoms with Gasteiger partial charge < -0.3 is 103 Å². The number of rotatable bonds is 38. The number of aliphatic hydroxyl groups excluding tert-OH is 9. The number of hydrogen-bond acceptors (Lipinski definition) is 24. The maximum atomic E-state index is 14.4. The summed E-state index contributed by atoms with van der Waals surface area (Å²) in [6.45, 7) is 12.2. The first-order chi connectivity index (χ1) is 45.6. The number of ether oxygens (including phenoxy) is 12. The Morgan fingerprint density at radius 3 is 1.74 bits per heavy atom. The molecule has 0 bridgehead atoms. The van der Waals surface area contributed by atoms with E-state index in [1.54, 1.807) is 55.5 Å². The molecule has 9 atom stereocenters. The number of Topliss-reactive ketones (excluding diaryl/α,β-unsaturated/α-hetero) is 2. The predicted octanol–water partition coefficient (Wildman–Crippen LogP) is 7.03. The van der Waals surface area contributed by atoms with E-state index in [0.29, 0.717) is 33.6 Å². The molecule has 0 amide bonds. The van der Waals surface area contributed by atoms with E-state index >= 15 is 0 Å².